The molecular weight excluding hydrogens is 176 g/mol. The van der Waals surface area contributed by atoms with E-state index in [9.17, 15) is 0 Å². The van der Waals surface area contributed by atoms with E-state index in [1.165, 1.54) is 6.54 Å². The van der Waals surface area contributed by atoms with Crippen LogP contribution in [0.25, 0.3) is 0 Å². The van der Waals surface area contributed by atoms with E-state index in [2.05, 4.69) is 22.0 Å². The smallest absolute Gasteiger partial charge is 0.0779 e. The zero-order valence-corrected chi connectivity index (χ0v) is 9.08. The maximum absolute atomic E-state index is 6.17. The third-order valence-electron chi connectivity index (χ3n) is 3.44. The SMILES string of the molecule is CCN1CCC(N)C1N1CCNCC1. The van der Waals surface area contributed by atoms with Crippen LogP contribution in [0.15, 0.2) is 0 Å². The minimum atomic E-state index is 0.355. The molecule has 0 bridgehead atoms. The van der Waals surface area contributed by atoms with E-state index in [-0.39, 0.29) is 0 Å². The molecule has 0 aromatic carbocycles. The predicted octanol–water partition coefficient (Wildman–Crippen LogP) is -0.729. The van der Waals surface area contributed by atoms with Gasteiger partial charge in [-0.25, -0.2) is 0 Å². The van der Waals surface area contributed by atoms with Crippen molar-refractivity contribution in [3.63, 3.8) is 0 Å². The Labute approximate surface area is 86.4 Å². The first-order chi connectivity index (χ1) is 6.83. The van der Waals surface area contributed by atoms with Gasteiger partial charge >= 0.3 is 0 Å². The summed E-state index contributed by atoms with van der Waals surface area (Å²) in [5.74, 6) is 0. The molecule has 0 saturated carbocycles. The van der Waals surface area contributed by atoms with Gasteiger partial charge < -0.3 is 11.1 Å². The predicted molar refractivity (Wildman–Crippen MR) is 58.1 cm³/mol. The van der Waals surface area contributed by atoms with Gasteiger partial charge in [0.2, 0.25) is 0 Å². The monoisotopic (exact) mass is 198 g/mol. The van der Waals surface area contributed by atoms with Crippen LogP contribution in [-0.2, 0) is 0 Å². The molecule has 2 aliphatic heterocycles. The van der Waals surface area contributed by atoms with E-state index in [1.807, 2.05) is 0 Å². The zero-order chi connectivity index (χ0) is 9.97. The van der Waals surface area contributed by atoms with Crippen molar-refractivity contribution in [1.82, 2.24) is 15.1 Å². The molecule has 0 aromatic rings. The van der Waals surface area contributed by atoms with E-state index in [1.54, 1.807) is 0 Å². The molecule has 14 heavy (non-hydrogen) atoms. The van der Waals surface area contributed by atoms with Crippen LogP contribution < -0.4 is 11.1 Å². The van der Waals surface area contributed by atoms with Crippen LogP contribution in [0.5, 0.6) is 0 Å². The molecule has 2 unspecified atom stereocenters. The first-order valence-electron chi connectivity index (χ1n) is 5.77. The van der Waals surface area contributed by atoms with Crippen molar-refractivity contribution in [3.05, 3.63) is 0 Å². The molecule has 0 radical (unpaired) electrons. The van der Waals surface area contributed by atoms with Crippen molar-refractivity contribution in [2.24, 2.45) is 5.73 Å². The lowest BCUT2D eigenvalue weighted by Gasteiger charge is -2.39. The Hall–Kier alpha value is -0.160. The van der Waals surface area contributed by atoms with E-state index in [0.29, 0.717) is 12.2 Å². The number of likely N-dealkylation sites (tertiary alicyclic amines) is 1. The van der Waals surface area contributed by atoms with Crippen LogP contribution in [0.3, 0.4) is 0 Å². The molecule has 2 atom stereocenters. The summed E-state index contributed by atoms with van der Waals surface area (Å²) in [5.41, 5.74) is 6.17. The molecule has 0 amide bonds. The van der Waals surface area contributed by atoms with Crippen molar-refractivity contribution >= 4 is 0 Å². The highest BCUT2D eigenvalue weighted by molar-refractivity contribution is 4.90. The summed E-state index contributed by atoms with van der Waals surface area (Å²) in [4.78, 5) is 5.05. The summed E-state index contributed by atoms with van der Waals surface area (Å²) >= 11 is 0. The van der Waals surface area contributed by atoms with Gasteiger partial charge in [-0.15, -0.1) is 0 Å². The molecular formula is C10H22N4. The molecule has 0 aromatic heterocycles. The molecule has 2 saturated heterocycles. The van der Waals surface area contributed by atoms with Crippen LogP contribution in [0.1, 0.15) is 13.3 Å². The van der Waals surface area contributed by atoms with Crippen molar-refractivity contribution < 1.29 is 0 Å². The topological polar surface area (TPSA) is 44.5 Å². The fourth-order valence-corrected chi connectivity index (χ4v) is 2.66. The Morgan fingerprint density at radius 1 is 1.29 bits per heavy atom. The maximum atomic E-state index is 6.17. The van der Waals surface area contributed by atoms with E-state index in [4.69, 9.17) is 5.73 Å². The second kappa shape index (κ2) is 4.57. The third kappa shape index (κ3) is 1.93. The van der Waals surface area contributed by atoms with E-state index < -0.39 is 0 Å². The van der Waals surface area contributed by atoms with Crippen LogP contribution >= 0.6 is 0 Å². The lowest BCUT2D eigenvalue weighted by molar-refractivity contribution is 0.0591. The second-order valence-electron chi connectivity index (χ2n) is 4.28. The van der Waals surface area contributed by atoms with Crippen LogP contribution in [0, 0.1) is 0 Å². The average Bonchev–Trinajstić information content (AvgIpc) is 2.61. The number of nitrogens with zero attached hydrogens (tertiary/aromatic N) is 2. The molecule has 0 aliphatic carbocycles. The summed E-state index contributed by atoms with van der Waals surface area (Å²) in [6, 6.07) is 0.355. The molecule has 0 spiro atoms. The zero-order valence-electron chi connectivity index (χ0n) is 9.08. The quantitative estimate of drug-likeness (QED) is 0.614. The number of rotatable bonds is 2. The third-order valence-corrected chi connectivity index (χ3v) is 3.44. The molecule has 2 fully saturated rings. The van der Waals surface area contributed by atoms with Gasteiger partial charge in [-0.1, -0.05) is 6.92 Å². The summed E-state index contributed by atoms with van der Waals surface area (Å²) < 4.78 is 0. The fraction of sp³-hybridized carbons (Fsp3) is 1.00. The molecule has 82 valence electrons. The highest BCUT2D eigenvalue weighted by Gasteiger charge is 2.35. The standard InChI is InChI=1S/C10H22N4/c1-2-13-6-3-9(11)10(13)14-7-4-12-5-8-14/h9-10,12H,2-8,11H2,1H3. The van der Waals surface area contributed by atoms with Crippen LogP contribution in [-0.4, -0.2) is 61.3 Å². The van der Waals surface area contributed by atoms with Gasteiger partial charge in [0.1, 0.15) is 0 Å². The van der Waals surface area contributed by atoms with Crippen molar-refractivity contribution in [3.8, 4) is 0 Å². The fourth-order valence-electron chi connectivity index (χ4n) is 2.66. The van der Waals surface area contributed by atoms with E-state index in [0.717, 1.165) is 39.1 Å². The molecule has 4 nitrogen and oxygen atoms in total. The first kappa shape index (κ1) is 10.4. The minimum absolute atomic E-state index is 0.355. The van der Waals surface area contributed by atoms with Gasteiger partial charge in [0.05, 0.1) is 6.17 Å². The molecule has 2 rings (SSSR count). The first-order valence-corrected chi connectivity index (χ1v) is 5.77. The summed E-state index contributed by atoms with van der Waals surface area (Å²) in [5, 5.41) is 3.38. The Morgan fingerprint density at radius 2 is 2.00 bits per heavy atom. The maximum Gasteiger partial charge on any atom is 0.0779 e. The lowest BCUT2D eigenvalue weighted by atomic mass is 10.2. The van der Waals surface area contributed by atoms with Crippen molar-refractivity contribution in [2.45, 2.75) is 25.6 Å². The van der Waals surface area contributed by atoms with Gasteiger partial charge in [0.25, 0.3) is 0 Å². The number of likely N-dealkylation sites (N-methyl/N-ethyl adjacent to an activating group) is 1. The van der Waals surface area contributed by atoms with Crippen LogP contribution in [0.4, 0.5) is 0 Å². The van der Waals surface area contributed by atoms with Gasteiger partial charge in [-0.2, -0.15) is 0 Å². The minimum Gasteiger partial charge on any atom is -0.325 e. The van der Waals surface area contributed by atoms with Crippen molar-refractivity contribution in [1.29, 1.82) is 0 Å². The number of nitrogens with two attached hydrogens (primary N) is 1. The van der Waals surface area contributed by atoms with Crippen LogP contribution in [0.2, 0.25) is 0 Å². The highest BCUT2D eigenvalue weighted by Crippen LogP contribution is 2.19. The number of hydrogen-bond donors (Lipinski definition) is 2. The molecule has 2 heterocycles. The number of nitrogens with one attached hydrogen (secondary N) is 1. The highest BCUT2D eigenvalue weighted by atomic mass is 15.4. The second-order valence-corrected chi connectivity index (χ2v) is 4.28. The summed E-state index contributed by atoms with van der Waals surface area (Å²) in [7, 11) is 0. The Balaban J connectivity index is 1.98. The normalized spacial score (nSPS) is 36.4. The average molecular weight is 198 g/mol. The lowest BCUT2D eigenvalue weighted by Crippen LogP contribution is -2.57. The van der Waals surface area contributed by atoms with Crippen molar-refractivity contribution in [2.75, 3.05) is 39.3 Å². The molecule has 2 aliphatic rings. The Morgan fingerprint density at radius 3 is 2.64 bits per heavy atom. The molecule has 3 N–H and O–H groups in total. The van der Waals surface area contributed by atoms with Gasteiger partial charge in [-0.05, 0) is 13.0 Å². The largest absolute Gasteiger partial charge is 0.325 e. The van der Waals surface area contributed by atoms with E-state index >= 15 is 0 Å². The molecule has 4 heteroatoms. The summed E-state index contributed by atoms with van der Waals surface area (Å²) in [6.45, 7) is 9.05. The Bertz CT molecular complexity index is 179. The van der Waals surface area contributed by atoms with Gasteiger partial charge in [0, 0.05) is 38.8 Å². The van der Waals surface area contributed by atoms with Gasteiger partial charge in [0.15, 0.2) is 0 Å². The summed E-state index contributed by atoms with van der Waals surface area (Å²) in [6.07, 6.45) is 1.66. The number of piperazine rings is 1. The Kier molecular flexibility index (Phi) is 3.38. The van der Waals surface area contributed by atoms with Gasteiger partial charge in [-0.3, -0.25) is 9.80 Å². The number of hydrogen-bond acceptors (Lipinski definition) is 4.